The number of benzene rings is 1. The van der Waals surface area contributed by atoms with Crippen molar-refractivity contribution in [3.8, 4) is 11.4 Å². The van der Waals surface area contributed by atoms with Crippen LogP contribution in [0.25, 0.3) is 15.9 Å². The lowest BCUT2D eigenvalue weighted by molar-refractivity contribution is -0.119. The SMILES string of the molecule is COc1ccccc1-n1c(SCC(=O)NC(C)C)nc2sc3c(c2c1=O)CCCC3. The summed E-state index contributed by atoms with van der Waals surface area (Å²) in [5.74, 6) is 0.704. The van der Waals surface area contributed by atoms with E-state index in [-0.39, 0.29) is 23.3 Å². The van der Waals surface area contributed by atoms with Crippen molar-refractivity contribution in [2.45, 2.75) is 50.7 Å². The molecule has 0 unspecified atom stereocenters. The third kappa shape index (κ3) is 3.98. The average molecular weight is 444 g/mol. The Hall–Kier alpha value is -2.32. The highest BCUT2D eigenvalue weighted by molar-refractivity contribution is 7.99. The van der Waals surface area contributed by atoms with E-state index in [9.17, 15) is 9.59 Å². The van der Waals surface area contributed by atoms with E-state index in [0.29, 0.717) is 16.6 Å². The number of fused-ring (bicyclic) bond motifs is 3. The molecule has 4 rings (SSSR count). The fourth-order valence-corrected chi connectivity index (χ4v) is 5.92. The van der Waals surface area contributed by atoms with Crippen molar-refractivity contribution in [1.29, 1.82) is 0 Å². The molecule has 1 aliphatic carbocycles. The van der Waals surface area contributed by atoms with Crippen LogP contribution in [0.2, 0.25) is 0 Å². The third-order valence-electron chi connectivity index (χ3n) is 5.07. The molecule has 0 fully saturated rings. The molecule has 1 N–H and O–H groups in total. The molecule has 2 heterocycles. The van der Waals surface area contributed by atoms with Crippen LogP contribution in [0.3, 0.4) is 0 Å². The van der Waals surface area contributed by atoms with E-state index in [1.54, 1.807) is 23.0 Å². The summed E-state index contributed by atoms with van der Waals surface area (Å²) in [5.41, 5.74) is 1.70. The minimum absolute atomic E-state index is 0.0639. The topological polar surface area (TPSA) is 73.2 Å². The molecule has 0 atom stereocenters. The van der Waals surface area contributed by atoms with Gasteiger partial charge in [-0.15, -0.1) is 11.3 Å². The minimum Gasteiger partial charge on any atom is -0.495 e. The number of aryl methyl sites for hydroxylation is 2. The number of ether oxygens (including phenoxy) is 1. The van der Waals surface area contributed by atoms with Crippen LogP contribution in [0.5, 0.6) is 5.75 Å². The number of methoxy groups -OCH3 is 1. The quantitative estimate of drug-likeness (QED) is 0.461. The van der Waals surface area contributed by atoms with Crippen molar-refractivity contribution in [2.24, 2.45) is 0 Å². The number of para-hydroxylation sites is 2. The fraction of sp³-hybridized carbons (Fsp3) is 0.409. The van der Waals surface area contributed by atoms with Gasteiger partial charge < -0.3 is 10.1 Å². The maximum Gasteiger partial charge on any atom is 0.267 e. The second kappa shape index (κ2) is 8.81. The molecule has 6 nitrogen and oxygen atoms in total. The molecule has 0 saturated carbocycles. The first-order chi connectivity index (χ1) is 14.5. The zero-order chi connectivity index (χ0) is 21.3. The number of hydrogen-bond donors (Lipinski definition) is 1. The highest BCUT2D eigenvalue weighted by atomic mass is 32.2. The summed E-state index contributed by atoms with van der Waals surface area (Å²) in [4.78, 5) is 32.9. The first-order valence-electron chi connectivity index (χ1n) is 10.1. The number of thioether (sulfide) groups is 1. The van der Waals surface area contributed by atoms with Crippen LogP contribution < -0.4 is 15.6 Å². The van der Waals surface area contributed by atoms with E-state index in [4.69, 9.17) is 9.72 Å². The Bertz CT molecular complexity index is 1150. The number of rotatable bonds is 6. The number of carbonyl (C=O) groups is 1. The summed E-state index contributed by atoms with van der Waals surface area (Å²) in [5, 5.41) is 4.12. The summed E-state index contributed by atoms with van der Waals surface area (Å²) >= 11 is 2.89. The molecule has 1 aliphatic rings. The number of aromatic nitrogens is 2. The first-order valence-corrected chi connectivity index (χ1v) is 11.9. The lowest BCUT2D eigenvalue weighted by Gasteiger charge is -2.16. The van der Waals surface area contributed by atoms with Gasteiger partial charge in [-0.25, -0.2) is 4.98 Å². The zero-order valence-corrected chi connectivity index (χ0v) is 19.0. The maximum atomic E-state index is 13.7. The Morgan fingerprint density at radius 3 is 2.83 bits per heavy atom. The molecular weight excluding hydrogens is 418 g/mol. The van der Waals surface area contributed by atoms with E-state index in [1.165, 1.54) is 16.6 Å². The smallest absolute Gasteiger partial charge is 0.267 e. The van der Waals surface area contributed by atoms with Crippen molar-refractivity contribution in [3.63, 3.8) is 0 Å². The molecule has 0 radical (unpaired) electrons. The summed E-state index contributed by atoms with van der Waals surface area (Å²) in [6, 6.07) is 7.49. The predicted molar refractivity (Wildman–Crippen MR) is 122 cm³/mol. The van der Waals surface area contributed by atoms with Gasteiger partial charge in [0.25, 0.3) is 5.56 Å². The van der Waals surface area contributed by atoms with Gasteiger partial charge in [0, 0.05) is 10.9 Å². The standard InChI is InChI=1S/C22H25N3O3S2/c1-13(2)23-18(26)12-29-22-24-20-19(14-8-4-7-11-17(14)30-20)21(27)25(22)15-9-5-6-10-16(15)28-3/h5-6,9-10,13H,4,7-8,11-12H2,1-3H3,(H,23,26). The summed E-state index contributed by atoms with van der Waals surface area (Å²) in [7, 11) is 1.59. The molecule has 0 saturated heterocycles. The molecule has 0 spiro atoms. The number of nitrogens with zero attached hydrogens (tertiary/aromatic N) is 2. The van der Waals surface area contributed by atoms with E-state index in [2.05, 4.69) is 5.32 Å². The Morgan fingerprint density at radius 1 is 1.30 bits per heavy atom. The van der Waals surface area contributed by atoms with E-state index in [1.807, 2.05) is 38.1 Å². The van der Waals surface area contributed by atoms with Crippen molar-refractivity contribution in [1.82, 2.24) is 14.9 Å². The van der Waals surface area contributed by atoms with Crippen LogP contribution in [0, 0.1) is 0 Å². The number of hydrogen-bond acceptors (Lipinski definition) is 6. The van der Waals surface area contributed by atoms with Gasteiger partial charge in [-0.1, -0.05) is 23.9 Å². The van der Waals surface area contributed by atoms with E-state index in [0.717, 1.165) is 41.5 Å². The molecule has 1 aromatic carbocycles. The molecule has 0 aliphatic heterocycles. The second-order valence-corrected chi connectivity index (χ2v) is 9.63. The Kier molecular flexibility index (Phi) is 6.15. The number of amides is 1. The summed E-state index contributed by atoms with van der Waals surface area (Å²) in [6.07, 6.45) is 4.17. The van der Waals surface area contributed by atoms with Crippen LogP contribution in [-0.4, -0.2) is 34.4 Å². The fourth-order valence-electron chi connectivity index (χ4n) is 3.80. The van der Waals surface area contributed by atoms with Crippen LogP contribution in [0.15, 0.2) is 34.2 Å². The maximum absolute atomic E-state index is 13.7. The highest BCUT2D eigenvalue weighted by Crippen LogP contribution is 2.36. The van der Waals surface area contributed by atoms with Gasteiger partial charge in [0.2, 0.25) is 5.91 Å². The predicted octanol–water partition coefficient (Wildman–Crippen LogP) is 3.95. The van der Waals surface area contributed by atoms with E-state index >= 15 is 0 Å². The second-order valence-electron chi connectivity index (χ2n) is 7.61. The summed E-state index contributed by atoms with van der Waals surface area (Å²) in [6.45, 7) is 3.85. The lowest BCUT2D eigenvalue weighted by atomic mass is 9.97. The lowest BCUT2D eigenvalue weighted by Crippen LogP contribution is -2.32. The molecule has 158 valence electrons. The zero-order valence-electron chi connectivity index (χ0n) is 17.4. The van der Waals surface area contributed by atoms with Crippen molar-refractivity contribution in [2.75, 3.05) is 12.9 Å². The van der Waals surface area contributed by atoms with Gasteiger partial charge in [-0.3, -0.25) is 14.2 Å². The average Bonchev–Trinajstić information content (AvgIpc) is 3.10. The van der Waals surface area contributed by atoms with Gasteiger partial charge in [0.15, 0.2) is 5.16 Å². The highest BCUT2D eigenvalue weighted by Gasteiger charge is 2.24. The number of thiophene rings is 1. The number of carbonyl (C=O) groups excluding carboxylic acids is 1. The van der Waals surface area contributed by atoms with Crippen molar-refractivity contribution < 1.29 is 9.53 Å². The Balaban J connectivity index is 1.88. The van der Waals surface area contributed by atoms with Gasteiger partial charge in [0.05, 0.1) is 23.9 Å². The third-order valence-corrected chi connectivity index (χ3v) is 7.19. The van der Waals surface area contributed by atoms with Gasteiger partial charge >= 0.3 is 0 Å². The Labute approximate surface area is 183 Å². The largest absolute Gasteiger partial charge is 0.495 e. The van der Waals surface area contributed by atoms with Crippen LogP contribution in [-0.2, 0) is 17.6 Å². The molecular formula is C22H25N3O3S2. The Morgan fingerprint density at radius 2 is 2.07 bits per heavy atom. The molecule has 8 heteroatoms. The molecule has 1 amide bonds. The van der Waals surface area contributed by atoms with Crippen LogP contribution in [0.1, 0.15) is 37.1 Å². The minimum atomic E-state index is -0.0873. The van der Waals surface area contributed by atoms with Crippen molar-refractivity contribution in [3.05, 3.63) is 45.1 Å². The van der Waals surface area contributed by atoms with Gasteiger partial charge in [-0.2, -0.15) is 0 Å². The van der Waals surface area contributed by atoms with Gasteiger partial charge in [0.1, 0.15) is 10.6 Å². The molecule has 2 aromatic heterocycles. The molecule has 3 aromatic rings. The van der Waals surface area contributed by atoms with Gasteiger partial charge in [-0.05, 0) is 57.2 Å². The van der Waals surface area contributed by atoms with Crippen molar-refractivity contribution >= 4 is 39.2 Å². The van der Waals surface area contributed by atoms with Crippen LogP contribution >= 0.6 is 23.1 Å². The molecule has 30 heavy (non-hydrogen) atoms. The normalized spacial score (nSPS) is 13.5. The summed E-state index contributed by atoms with van der Waals surface area (Å²) < 4.78 is 7.13. The monoisotopic (exact) mass is 443 g/mol. The molecule has 0 bridgehead atoms. The van der Waals surface area contributed by atoms with Crippen LogP contribution in [0.4, 0.5) is 0 Å². The first kappa shape index (κ1) is 20.9. The number of nitrogens with one attached hydrogen (secondary N) is 1. The van der Waals surface area contributed by atoms with E-state index < -0.39 is 0 Å².